The first-order valence-electron chi connectivity index (χ1n) is 10.4. The van der Waals surface area contributed by atoms with Crippen LogP contribution >= 0.6 is 0 Å². The van der Waals surface area contributed by atoms with Gasteiger partial charge in [0.1, 0.15) is 0 Å². The zero-order valence-corrected chi connectivity index (χ0v) is 16.3. The summed E-state index contributed by atoms with van der Waals surface area (Å²) >= 11 is 0. The van der Waals surface area contributed by atoms with Crippen LogP contribution in [0.3, 0.4) is 0 Å². The van der Waals surface area contributed by atoms with Crippen molar-refractivity contribution < 1.29 is 14.2 Å². The maximum atomic E-state index is 6.29. The lowest BCUT2D eigenvalue weighted by Crippen LogP contribution is -2.30. The van der Waals surface area contributed by atoms with Gasteiger partial charge in [0.2, 0.25) is 0 Å². The number of ether oxygens (including phenoxy) is 3. The normalized spacial score (nSPS) is 31.5. The molecule has 3 nitrogen and oxygen atoms in total. The average Bonchev–Trinajstić information content (AvgIpc) is 2.62. The summed E-state index contributed by atoms with van der Waals surface area (Å²) in [5, 5.41) is 0. The fraction of sp³-hybridized carbons (Fsp3) is 1.00. The molecule has 2 saturated carbocycles. The van der Waals surface area contributed by atoms with Crippen molar-refractivity contribution in [3.63, 3.8) is 0 Å². The first kappa shape index (κ1) is 20.2. The minimum atomic E-state index is 0.547. The molecule has 142 valence electrons. The number of hydrogen-bond donors (Lipinski definition) is 0. The summed E-state index contributed by atoms with van der Waals surface area (Å²) in [5.41, 5.74) is 0. The van der Waals surface area contributed by atoms with Crippen LogP contribution in [0.15, 0.2) is 0 Å². The SMILES string of the molecule is CCCC1CCC(OCC2CCC(C(COC)COC)CC2)CC1. The molecule has 2 fully saturated rings. The molecule has 0 spiro atoms. The molecule has 0 amide bonds. The Balaban J connectivity index is 1.61. The van der Waals surface area contributed by atoms with E-state index in [2.05, 4.69) is 6.92 Å². The van der Waals surface area contributed by atoms with Crippen LogP contribution in [0.2, 0.25) is 0 Å². The lowest BCUT2D eigenvalue weighted by Gasteiger charge is -2.34. The molecule has 2 rings (SSSR count). The van der Waals surface area contributed by atoms with E-state index in [1.54, 1.807) is 14.2 Å². The summed E-state index contributed by atoms with van der Waals surface area (Å²) in [6.45, 7) is 4.97. The Morgan fingerprint density at radius 2 is 1.38 bits per heavy atom. The Labute approximate surface area is 149 Å². The van der Waals surface area contributed by atoms with Crippen LogP contribution in [0.25, 0.3) is 0 Å². The second-order valence-corrected chi connectivity index (χ2v) is 8.22. The molecule has 0 N–H and O–H groups in total. The van der Waals surface area contributed by atoms with Gasteiger partial charge in [-0.05, 0) is 69.1 Å². The van der Waals surface area contributed by atoms with Crippen LogP contribution in [0.1, 0.15) is 71.1 Å². The molecule has 2 aliphatic carbocycles. The fourth-order valence-corrected chi connectivity index (χ4v) is 4.84. The van der Waals surface area contributed by atoms with Gasteiger partial charge in [0, 0.05) is 26.7 Å². The Kier molecular flexibility index (Phi) is 9.67. The molecular formula is C21H40O3. The quantitative estimate of drug-likeness (QED) is 0.555. The van der Waals surface area contributed by atoms with Gasteiger partial charge in [-0.2, -0.15) is 0 Å². The summed E-state index contributed by atoms with van der Waals surface area (Å²) in [4.78, 5) is 0. The summed E-state index contributed by atoms with van der Waals surface area (Å²) in [7, 11) is 3.61. The largest absolute Gasteiger partial charge is 0.384 e. The highest BCUT2D eigenvalue weighted by atomic mass is 16.5. The Bertz CT molecular complexity index is 298. The van der Waals surface area contributed by atoms with Gasteiger partial charge in [0.15, 0.2) is 0 Å². The van der Waals surface area contributed by atoms with Gasteiger partial charge in [-0.1, -0.05) is 19.8 Å². The van der Waals surface area contributed by atoms with Crippen molar-refractivity contribution >= 4 is 0 Å². The third kappa shape index (κ3) is 6.65. The number of rotatable bonds is 10. The van der Waals surface area contributed by atoms with Crippen LogP contribution in [-0.2, 0) is 14.2 Å². The van der Waals surface area contributed by atoms with Crippen molar-refractivity contribution in [1.82, 2.24) is 0 Å². The molecule has 0 atom stereocenters. The molecule has 0 aromatic carbocycles. The van der Waals surface area contributed by atoms with Gasteiger partial charge in [0.05, 0.1) is 19.3 Å². The van der Waals surface area contributed by atoms with E-state index in [1.807, 2.05) is 0 Å². The van der Waals surface area contributed by atoms with E-state index in [0.29, 0.717) is 12.0 Å². The Morgan fingerprint density at radius 3 is 1.92 bits per heavy atom. The summed E-state index contributed by atoms with van der Waals surface area (Å²) in [6.07, 6.45) is 13.9. The second-order valence-electron chi connectivity index (χ2n) is 8.22. The molecule has 0 heterocycles. The first-order chi connectivity index (χ1) is 11.8. The fourth-order valence-electron chi connectivity index (χ4n) is 4.84. The first-order valence-corrected chi connectivity index (χ1v) is 10.4. The van der Waals surface area contributed by atoms with Gasteiger partial charge in [0.25, 0.3) is 0 Å². The molecule has 24 heavy (non-hydrogen) atoms. The molecule has 0 radical (unpaired) electrons. The molecule has 0 bridgehead atoms. The van der Waals surface area contributed by atoms with Crippen LogP contribution < -0.4 is 0 Å². The number of hydrogen-bond acceptors (Lipinski definition) is 3. The van der Waals surface area contributed by atoms with Crippen molar-refractivity contribution in [2.75, 3.05) is 34.0 Å². The third-order valence-electron chi connectivity index (χ3n) is 6.38. The van der Waals surface area contributed by atoms with Gasteiger partial charge >= 0.3 is 0 Å². The van der Waals surface area contributed by atoms with E-state index in [-0.39, 0.29) is 0 Å². The van der Waals surface area contributed by atoms with Crippen molar-refractivity contribution in [3.8, 4) is 0 Å². The Hall–Kier alpha value is -0.120. The van der Waals surface area contributed by atoms with E-state index in [9.17, 15) is 0 Å². The monoisotopic (exact) mass is 340 g/mol. The van der Waals surface area contributed by atoms with E-state index in [1.165, 1.54) is 64.2 Å². The van der Waals surface area contributed by atoms with Crippen LogP contribution in [-0.4, -0.2) is 40.1 Å². The van der Waals surface area contributed by atoms with Gasteiger partial charge < -0.3 is 14.2 Å². The highest BCUT2D eigenvalue weighted by molar-refractivity contribution is 4.79. The molecular weight excluding hydrogens is 300 g/mol. The second kappa shape index (κ2) is 11.5. The van der Waals surface area contributed by atoms with Crippen molar-refractivity contribution in [2.24, 2.45) is 23.7 Å². The third-order valence-corrected chi connectivity index (χ3v) is 6.38. The van der Waals surface area contributed by atoms with Crippen LogP contribution in [0.4, 0.5) is 0 Å². The van der Waals surface area contributed by atoms with Crippen molar-refractivity contribution in [2.45, 2.75) is 77.2 Å². The molecule has 0 saturated heterocycles. The predicted molar refractivity (Wildman–Crippen MR) is 99.3 cm³/mol. The smallest absolute Gasteiger partial charge is 0.0575 e. The lowest BCUT2D eigenvalue weighted by molar-refractivity contribution is -0.0175. The molecule has 0 aliphatic heterocycles. The van der Waals surface area contributed by atoms with Crippen molar-refractivity contribution in [1.29, 1.82) is 0 Å². The molecule has 0 unspecified atom stereocenters. The van der Waals surface area contributed by atoms with Gasteiger partial charge in [-0.25, -0.2) is 0 Å². The van der Waals surface area contributed by atoms with E-state index in [0.717, 1.165) is 37.6 Å². The van der Waals surface area contributed by atoms with Crippen LogP contribution in [0, 0.1) is 23.7 Å². The average molecular weight is 341 g/mol. The van der Waals surface area contributed by atoms with Crippen molar-refractivity contribution in [3.05, 3.63) is 0 Å². The lowest BCUT2D eigenvalue weighted by atomic mass is 9.76. The molecule has 0 aromatic rings. The van der Waals surface area contributed by atoms with E-state index >= 15 is 0 Å². The molecule has 2 aliphatic rings. The molecule has 3 heteroatoms. The van der Waals surface area contributed by atoms with E-state index < -0.39 is 0 Å². The zero-order valence-electron chi connectivity index (χ0n) is 16.3. The highest BCUT2D eigenvalue weighted by Gasteiger charge is 2.29. The maximum absolute atomic E-state index is 6.29. The maximum Gasteiger partial charge on any atom is 0.0575 e. The highest BCUT2D eigenvalue weighted by Crippen LogP contribution is 2.35. The minimum absolute atomic E-state index is 0.547. The van der Waals surface area contributed by atoms with Crippen LogP contribution in [0.5, 0.6) is 0 Å². The summed E-state index contributed by atoms with van der Waals surface area (Å²) < 4.78 is 17.1. The summed E-state index contributed by atoms with van der Waals surface area (Å²) in [5.74, 6) is 3.09. The summed E-state index contributed by atoms with van der Waals surface area (Å²) in [6, 6.07) is 0. The van der Waals surface area contributed by atoms with Gasteiger partial charge in [-0.3, -0.25) is 0 Å². The zero-order chi connectivity index (χ0) is 17.2. The van der Waals surface area contributed by atoms with Gasteiger partial charge in [-0.15, -0.1) is 0 Å². The standard InChI is InChI=1S/C21H40O3/c1-4-5-17-8-12-21(13-9-17)24-14-18-6-10-19(11-7-18)20(15-22-2)16-23-3/h17-21H,4-16H2,1-3H3. The minimum Gasteiger partial charge on any atom is -0.384 e. The number of methoxy groups -OCH3 is 2. The molecule has 0 aromatic heterocycles. The Morgan fingerprint density at radius 1 is 0.792 bits per heavy atom. The topological polar surface area (TPSA) is 27.7 Å². The predicted octanol–water partition coefficient (Wildman–Crippen LogP) is 5.08. The van der Waals surface area contributed by atoms with E-state index in [4.69, 9.17) is 14.2 Å².